The summed E-state index contributed by atoms with van der Waals surface area (Å²) in [5, 5.41) is 3.30. The van der Waals surface area contributed by atoms with Crippen molar-refractivity contribution in [1.29, 1.82) is 0 Å². The molecular weight excluding hydrogens is 238 g/mol. The molecule has 1 N–H and O–H groups in total. The molecule has 3 heteroatoms. The molecule has 0 bridgehead atoms. The molecule has 0 saturated carbocycles. The van der Waals surface area contributed by atoms with Gasteiger partial charge in [0, 0.05) is 5.92 Å². The van der Waals surface area contributed by atoms with Gasteiger partial charge in [0.2, 0.25) is 0 Å². The Balaban J connectivity index is 2.29. The van der Waals surface area contributed by atoms with Crippen LogP contribution < -0.4 is 10.1 Å². The summed E-state index contributed by atoms with van der Waals surface area (Å²) in [6, 6.07) is 5.97. The molecule has 1 aliphatic heterocycles. The molecule has 1 aromatic rings. The Morgan fingerprint density at radius 3 is 2.58 bits per heavy atom. The quantitative estimate of drug-likeness (QED) is 0.847. The predicted molar refractivity (Wildman–Crippen MR) is 77.0 cm³/mol. The van der Waals surface area contributed by atoms with Gasteiger partial charge in [-0.15, -0.1) is 0 Å². The van der Waals surface area contributed by atoms with Crippen LogP contribution in [0.3, 0.4) is 0 Å². The lowest BCUT2D eigenvalue weighted by molar-refractivity contribution is 0.0892. The Bertz CT molecular complexity index is 448. The third-order valence-corrected chi connectivity index (χ3v) is 3.87. The number of carbonyl (C=O) groups excluding carboxylic acids is 1. The summed E-state index contributed by atoms with van der Waals surface area (Å²) in [5.41, 5.74) is 1.94. The van der Waals surface area contributed by atoms with E-state index in [1.807, 2.05) is 18.2 Å². The summed E-state index contributed by atoms with van der Waals surface area (Å²) in [7, 11) is 1.63. The Morgan fingerprint density at radius 1 is 1.32 bits per heavy atom. The lowest BCUT2D eigenvalue weighted by Gasteiger charge is -2.22. The molecule has 1 aliphatic rings. The van der Waals surface area contributed by atoms with Crippen LogP contribution in [0.2, 0.25) is 0 Å². The molecule has 0 unspecified atom stereocenters. The number of nitrogens with one attached hydrogen (secondary N) is 1. The second kappa shape index (κ2) is 6.20. The minimum atomic E-state index is 0.137. The van der Waals surface area contributed by atoms with Gasteiger partial charge in [-0.05, 0) is 49.5 Å². The number of rotatable bonds is 4. The van der Waals surface area contributed by atoms with Crippen molar-refractivity contribution in [2.75, 3.05) is 20.2 Å². The predicted octanol–water partition coefficient (Wildman–Crippen LogP) is 3.00. The minimum absolute atomic E-state index is 0.137. The minimum Gasteiger partial charge on any atom is -0.496 e. The van der Waals surface area contributed by atoms with E-state index in [-0.39, 0.29) is 11.7 Å². The zero-order valence-corrected chi connectivity index (χ0v) is 12.0. The van der Waals surface area contributed by atoms with E-state index >= 15 is 0 Å². The first kappa shape index (κ1) is 14.1. The van der Waals surface area contributed by atoms with Crippen molar-refractivity contribution in [2.45, 2.75) is 32.6 Å². The van der Waals surface area contributed by atoms with E-state index in [2.05, 4.69) is 19.2 Å². The lowest BCUT2D eigenvalue weighted by Crippen LogP contribution is -2.32. The third-order valence-electron chi connectivity index (χ3n) is 3.87. The molecule has 1 aromatic carbocycles. The summed E-state index contributed by atoms with van der Waals surface area (Å²) in [6.45, 7) is 6.15. The fraction of sp³-hybridized carbons (Fsp3) is 0.562. The average Bonchev–Trinajstić information content (AvgIpc) is 2.46. The summed E-state index contributed by atoms with van der Waals surface area (Å²) in [4.78, 5) is 12.6. The summed E-state index contributed by atoms with van der Waals surface area (Å²) >= 11 is 0. The van der Waals surface area contributed by atoms with Gasteiger partial charge in [0.05, 0.1) is 12.7 Å². The molecule has 2 rings (SSSR count). The zero-order valence-electron chi connectivity index (χ0n) is 12.0. The number of piperidine rings is 1. The number of hydrogen-bond acceptors (Lipinski definition) is 3. The SMILES string of the molecule is COc1ccc(C(C)C)cc1C(=O)C1CCNCC1. The van der Waals surface area contributed by atoms with Gasteiger partial charge in [-0.25, -0.2) is 0 Å². The Hall–Kier alpha value is -1.35. The number of hydrogen-bond donors (Lipinski definition) is 1. The molecule has 0 spiro atoms. The molecular formula is C16H23NO2. The van der Waals surface area contributed by atoms with Crippen molar-refractivity contribution in [3.63, 3.8) is 0 Å². The molecule has 1 fully saturated rings. The van der Waals surface area contributed by atoms with Crippen molar-refractivity contribution < 1.29 is 9.53 Å². The van der Waals surface area contributed by atoms with Crippen LogP contribution in [-0.4, -0.2) is 26.0 Å². The Labute approximate surface area is 115 Å². The fourth-order valence-electron chi connectivity index (χ4n) is 2.58. The van der Waals surface area contributed by atoms with E-state index in [0.29, 0.717) is 11.7 Å². The highest BCUT2D eigenvalue weighted by Crippen LogP contribution is 2.28. The van der Waals surface area contributed by atoms with Crippen molar-refractivity contribution in [2.24, 2.45) is 5.92 Å². The topological polar surface area (TPSA) is 38.3 Å². The van der Waals surface area contributed by atoms with Gasteiger partial charge in [-0.2, -0.15) is 0 Å². The van der Waals surface area contributed by atoms with Crippen LogP contribution in [0.15, 0.2) is 18.2 Å². The molecule has 0 aromatic heterocycles. The van der Waals surface area contributed by atoms with Gasteiger partial charge in [-0.3, -0.25) is 4.79 Å². The second-order valence-corrected chi connectivity index (χ2v) is 5.50. The first-order chi connectivity index (χ1) is 9.13. The van der Waals surface area contributed by atoms with Gasteiger partial charge in [0.15, 0.2) is 5.78 Å². The second-order valence-electron chi connectivity index (χ2n) is 5.50. The van der Waals surface area contributed by atoms with Gasteiger partial charge >= 0.3 is 0 Å². The van der Waals surface area contributed by atoms with Crippen molar-refractivity contribution in [3.8, 4) is 5.75 Å². The molecule has 104 valence electrons. The maximum Gasteiger partial charge on any atom is 0.169 e. The zero-order chi connectivity index (χ0) is 13.8. The first-order valence-electron chi connectivity index (χ1n) is 7.06. The molecule has 0 aliphatic carbocycles. The highest BCUT2D eigenvalue weighted by Gasteiger charge is 2.25. The summed E-state index contributed by atoms with van der Waals surface area (Å²) < 4.78 is 5.36. The standard InChI is InChI=1S/C16H23NO2/c1-11(2)13-4-5-15(19-3)14(10-13)16(18)12-6-8-17-9-7-12/h4-5,10-12,17H,6-9H2,1-3H3. The van der Waals surface area contributed by atoms with E-state index in [9.17, 15) is 4.79 Å². The van der Waals surface area contributed by atoms with Crippen LogP contribution in [0.25, 0.3) is 0 Å². The Morgan fingerprint density at radius 2 is 2.00 bits per heavy atom. The molecule has 1 heterocycles. The number of carbonyl (C=O) groups is 1. The van der Waals surface area contributed by atoms with Crippen LogP contribution in [0.5, 0.6) is 5.75 Å². The molecule has 3 nitrogen and oxygen atoms in total. The van der Waals surface area contributed by atoms with Crippen molar-refractivity contribution >= 4 is 5.78 Å². The number of benzene rings is 1. The molecule has 0 radical (unpaired) electrons. The van der Waals surface area contributed by atoms with Gasteiger partial charge in [0.1, 0.15) is 5.75 Å². The molecule has 19 heavy (non-hydrogen) atoms. The number of ketones is 1. The average molecular weight is 261 g/mol. The molecule has 1 saturated heterocycles. The van der Waals surface area contributed by atoms with Crippen molar-refractivity contribution in [3.05, 3.63) is 29.3 Å². The maximum absolute atomic E-state index is 12.6. The largest absolute Gasteiger partial charge is 0.496 e. The van der Waals surface area contributed by atoms with Crippen LogP contribution in [0.4, 0.5) is 0 Å². The number of ether oxygens (including phenoxy) is 1. The molecule has 0 amide bonds. The Kier molecular flexibility index (Phi) is 4.59. The van der Waals surface area contributed by atoms with E-state index < -0.39 is 0 Å². The smallest absolute Gasteiger partial charge is 0.169 e. The van der Waals surface area contributed by atoms with Gasteiger partial charge in [0.25, 0.3) is 0 Å². The third kappa shape index (κ3) is 3.16. The summed E-state index contributed by atoms with van der Waals surface area (Å²) in [6.07, 6.45) is 1.85. The normalized spacial score (nSPS) is 16.6. The van der Waals surface area contributed by atoms with Gasteiger partial charge < -0.3 is 10.1 Å². The van der Waals surface area contributed by atoms with Crippen LogP contribution >= 0.6 is 0 Å². The van der Waals surface area contributed by atoms with E-state index in [0.717, 1.165) is 31.5 Å². The van der Waals surface area contributed by atoms with E-state index in [4.69, 9.17) is 4.74 Å². The van der Waals surface area contributed by atoms with Crippen LogP contribution in [0, 0.1) is 5.92 Å². The van der Waals surface area contributed by atoms with Crippen LogP contribution in [-0.2, 0) is 0 Å². The molecule has 0 atom stereocenters. The van der Waals surface area contributed by atoms with Crippen molar-refractivity contribution in [1.82, 2.24) is 5.32 Å². The lowest BCUT2D eigenvalue weighted by atomic mass is 9.87. The van der Waals surface area contributed by atoms with Crippen LogP contribution in [0.1, 0.15) is 48.5 Å². The van der Waals surface area contributed by atoms with E-state index in [1.165, 1.54) is 5.56 Å². The monoisotopic (exact) mass is 261 g/mol. The number of Topliss-reactive ketones (excluding diaryl/α,β-unsaturated/α-hetero) is 1. The van der Waals surface area contributed by atoms with E-state index in [1.54, 1.807) is 7.11 Å². The highest BCUT2D eigenvalue weighted by molar-refractivity contribution is 6.00. The summed E-state index contributed by atoms with van der Waals surface area (Å²) in [5.74, 6) is 1.50. The fourth-order valence-corrected chi connectivity index (χ4v) is 2.58. The highest BCUT2D eigenvalue weighted by atomic mass is 16.5. The van der Waals surface area contributed by atoms with Gasteiger partial charge in [-0.1, -0.05) is 19.9 Å². The first-order valence-corrected chi connectivity index (χ1v) is 7.06. The maximum atomic E-state index is 12.6. The number of methoxy groups -OCH3 is 1.